The van der Waals surface area contributed by atoms with Gasteiger partial charge < -0.3 is 16.4 Å². The summed E-state index contributed by atoms with van der Waals surface area (Å²) in [6.07, 6.45) is 5.95. The summed E-state index contributed by atoms with van der Waals surface area (Å²) in [5.74, 6) is 1.15. The molecule has 8 heteroatoms. The third-order valence-electron chi connectivity index (χ3n) is 5.92. The Morgan fingerprint density at radius 3 is 2.87 bits per heavy atom. The Labute approximate surface area is 179 Å². The van der Waals surface area contributed by atoms with Crippen LogP contribution in [0.3, 0.4) is 0 Å². The maximum Gasteiger partial charge on any atom is 0.275 e. The Morgan fingerprint density at radius 1 is 1.13 bits per heavy atom. The van der Waals surface area contributed by atoms with Gasteiger partial charge in [-0.15, -0.1) is 0 Å². The summed E-state index contributed by atoms with van der Waals surface area (Å²) in [4.78, 5) is 22.0. The number of nitrogens with one attached hydrogen (secondary N) is 3. The quantitative estimate of drug-likeness (QED) is 0.402. The first-order chi connectivity index (χ1) is 15.1. The number of H-pyrrole nitrogens is 1. The van der Waals surface area contributed by atoms with E-state index in [1.54, 1.807) is 6.20 Å². The fourth-order valence-corrected chi connectivity index (χ4v) is 4.31. The predicted molar refractivity (Wildman–Crippen MR) is 124 cm³/mol. The van der Waals surface area contributed by atoms with Crippen LogP contribution in [0.2, 0.25) is 0 Å². The summed E-state index contributed by atoms with van der Waals surface area (Å²) in [6.45, 7) is 1.96. The molecule has 0 saturated heterocycles. The van der Waals surface area contributed by atoms with E-state index >= 15 is 0 Å². The molecule has 31 heavy (non-hydrogen) atoms. The van der Waals surface area contributed by atoms with Crippen molar-refractivity contribution in [1.29, 1.82) is 0 Å². The van der Waals surface area contributed by atoms with Gasteiger partial charge in [0.05, 0.1) is 17.1 Å². The third-order valence-corrected chi connectivity index (χ3v) is 5.92. The van der Waals surface area contributed by atoms with Gasteiger partial charge in [0.1, 0.15) is 11.6 Å². The van der Waals surface area contributed by atoms with Crippen LogP contribution in [-0.2, 0) is 0 Å². The minimum Gasteiger partial charge on any atom is -0.366 e. The second-order valence-electron chi connectivity index (χ2n) is 8.17. The van der Waals surface area contributed by atoms with E-state index in [4.69, 9.17) is 10.7 Å². The number of fused-ring (bicyclic) bond motifs is 2. The molecule has 3 heterocycles. The van der Waals surface area contributed by atoms with E-state index in [-0.39, 0.29) is 17.6 Å². The van der Waals surface area contributed by atoms with Crippen LogP contribution in [0.4, 0.5) is 17.3 Å². The van der Waals surface area contributed by atoms with Gasteiger partial charge in [-0.05, 0) is 50.1 Å². The molecule has 5 N–H and O–H groups in total. The predicted octanol–water partition coefficient (Wildman–Crippen LogP) is 3.60. The molecular formula is C23H25N7O. The molecular weight excluding hydrogens is 390 g/mol. The summed E-state index contributed by atoms with van der Waals surface area (Å²) in [5.41, 5.74) is 8.70. The number of nitrogens with zero attached hydrogens (tertiary/aromatic N) is 3. The lowest BCUT2D eigenvalue weighted by atomic mass is 9.91. The fourth-order valence-electron chi connectivity index (χ4n) is 4.31. The number of aromatic amines is 1. The number of rotatable bonds is 4. The molecule has 158 valence electrons. The minimum atomic E-state index is -0.289. The molecule has 1 saturated carbocycles. The number of benzene rings is 1. The van der Waals surface area contributed by atoms with E-state index in [9.17, 15) is 4.79 Å². The van der Waals surface area contributed by atoms with Crippen LogP contribution in [0, 0.1) is 6.92 Å². The number of aromatic nitrogens is 4. The molecule has 0 aliphatic heterocycles. The van der Waals surface area contributed by atoms with Gasteiger partial charge in [-0.25, -0.2) is 10.1 Å². The Morgan fingerprint density at radius 2 is 2.00 bits per heavy atom. The Bertz CT molecular complexity index is 1320. The van der Waals surface area contributed by atoms with Gasteiger partial charge >= 0.3 is 0 Å². The largest absolute Gasteiger partial charge is 0.366 e. The lowest BCUT2D eigenvalue weighted by Gasteiger charge is -2.30. The van der Waals surface area contributed by atoms with Crippen molar-refractivity contribution in [2.75, 3.05) is 10.6 Å². The van der Waals surface area contributed by atoms with Crippen molar-refractivity contribution in [2.24, 2.45) is 5.73 Å². The van der Waals surface area contributed by atoms with Gasteiger partial charge in [-0.3, -0.25) is 9.78 Å². The molecule has 2 atom stereocenters. The average molecular weight is 416 g/mol. The normalized spacial score (nSPS) is 18.9. The Kier molecular flexibility index (Phi) is 4.99. The average Bonchev–Trinajstić information content (AvgIpc) is 2.75. The maximum absolute atomic E-state index is 12.6. The van der Waals surface area contributed by atoms with E-state index in [2.05, 4.69) is 25.8 Å². The second-order valence-corrected chi connectivity index (χ2v) is 8.17. The zero-order chi connectivity index (χ0) is 21.4. The molecule has 1 fully saturated rings. The molecule has 1 aliphatic carbocycles. The van der Waals surface area contributed by atoms with Crippen molar-refractivity contribution in [3.8, 4) is 0 Å². The SMILES string of the molecule is Cc1ccc2c(Nc3nc(NC4CCCCC4N)cc4cn[nH]c(=O)c34)cccc2n1. The van der Waals surface area contributed by atoms with E-state index in [0.29, 0.717) is 22.4 Å². The molecule has 1 aliphatic rings. The highest BCUT2D eigenvalue weighted by atomic mass is 16.1. The maximum atomic E-state index is 12.6. The van der Waals surface area contributed by atoms with Crippen LogP contribution < -0.4 is 21.9 Å². The van der Waals surface area contributed by atoms with Crippen LogP contribution in [0.15, 0.2) is 47.4 Å². The molecule has 0 spiro atoms. The number of pyridine rings is 2. The number of hydrogen-bond donors (Lipinski definition) is 4. The smallest absolute Gasteiger partial charge is 0.275 e. The van der Waals surface area contributed by atoms with Gasteiger partial charge in [-0.2, -0.15) is 5.10 Å². The van der Waals surface area contributed by atoms with Gasteiger partial charge in [-0.1, -0.05) is 18.9 Å². The summed E-state index contributed by atoms with van der Waals surface area (Å²) in [5, 5.41) is 15.5. The van der Waals surface area contributed by atoms with Crippen LogP contribution in [0.1, 0.15) is 31.4 Å². The van der Waals surface area contributed by atoms with E-state index in [1.807, 2.05) is 43.3 Å². The van der Waals surface area contributed by atoms with Gasteiger partial charge in [0.15, 0.2) is 0 Å². The first kappa shape index (κ1) is 19.4. The molecule has 0 bridgehead atoms. The van der Waals surface area contributed by atoms with Crippen LogP contribution >= 0.6 is 0 Å². The van der Waals surface area contributed by atoms with Crippen molar-refractivity contribution in [1.82, 2.24) is 20.2 Å². The molecule has 5 rings (SSSR count). The van der Waals surface area contributed by atoms with Crippen LogP contribution in [0.5, 0.6) is 0 Å². The second kappa shape index (κ2) is 7.96. The zero-order valence-electron chi connectivity index (χ0n) is 17.4. The highest BCUT2D eigenvalue weighted by Crippen LogP contribution is 2.30. The van der Waals surface area contributed by atoms with Gasteiger partial charge in [0.2, 0.25) is 0 Å². The molecule has 0 amide bonds. The molecule has 8 nitrogen and oxygen atoms in total. The van der Waals surface area contributed by atoms with Crippen molar-refractivity contribution in [3.05, 3.63) is 58.6 Å². The Balaban J connectivity index is 1.59. The number of hydrogen-bond acceptors (Lipinski definition) is 7. The standard InChI is InChI=1S/C23H25N7O/c1-13-9-10-15-17(26-13)7-4-8-18(15)28-22-21-14(12-25-30-23(21)31)11-20(29-22)27-19-6-3-2-5-16(19)24/h4,7-12,16,19H,2-3,5-6,24H2,1H3,(H,30,31)(H2,27,28,29). The van der Waals surface area contributed by atoms with Crippen molar-refractivity contribution in [2.45, 2.75) is 44.7 Å². The number of nitrogens with two attached hydrogens (primary N) is 1. The van der Waals surface area contributed by atoms with E-state index in [0.717, 1.165) is 48.0 Å². The molecule has 1 aromatic carbocycles. The highest BCUT2D eigenvalue weighted by molar-refractivity contribution is 5.98. The summed E-state index contributed by atoms with van der Waals surface area (Å²) >= 11 is 0. The van der Waals surface area contributed by atoms with E-state index < -0.39 is 0 Å². The first-order valence-electron chi connectivity index (χ1n) is 10.6. The highest BCUT2D eigenvalue weighted by Gasteiger charge is 2.22. The van der Waals surface area contributed by atoms with Crippen molar-refractivity contribution < 1.29 is 0 Å². The lowest BCUT2D eigenvalue weighted by Crippen LogP contribution is -2.42. The topological polar surface area (TPSA) is 122 Å². The number of aryl methyl sites for hydroxylation is 1. The van der Waals surface area contributed by atoms with Crippen molar-refractivity contribution in [3.63, 3.8) is 0 Å². The minimum absolute atomic E-state index is 0.0901. The molecule has 4 aromatic rings. The van der Waals surface area contributed by atoms with Gasteiger partial charge in [0, 0.05) is 34.2 Å². The molecule has 0 radical (unpaired) electrons. The Hall–Kier alpha value is -3.52. The van der Waals surface area contributed by atoms with Crippen LogP contribution in [-0.4, -0.2) is 32.2 Å². The third kappa shape index (κ3) is 3.82. The molecule has 2 unspecified atom stereocenters. The molecule has 3 aromatic heterocycles. The fraction of sp³-hybridized carbons (Fsp3) is 0.304. The monoisotopic (exact) mass is 415 g/mol. The summed E-state index contributed by atoms with van der Waals surface area (Å²) in [7, 11) is 0. The lowest BCUT2D eigenvalue weighted by molar-refractivity contribution is 0.403. The summed E-state index contributed by atoms with van der Waals surface area (Å²) in [6, 6.07) is 12.0. The first-order valence-corrected chi connectivity index (χ1v) is 10.6. The summed E-state index contributed by atoms with van der Waals surface area (Å²) < 4.78 is 0. The van der Waals surface area contributed by atoms with Gasteiger partial charge in [0.25, 0.3) is 5.56 Å². The number of anilines is 3. The van der Waals surface area contributed by atoms with E-state index in [1.165, 1.54) is 0 Å². The van der Waals surface area contributed by atoms with Crippen molar-refractivity contribution >= 4 is 39.0 Å². The van der Waals surface area contributed by atoms with Crippen LogP contribution in [0.25, 0.3) is 21.7 Å². The zero-order valence-corrected chi connectivity index (χ0v) is 17.4.